The third kappa shape index (κ3) is 4.28. The zero-order valence-electron chi connectivity index (χ0n) is 12.8. The van der Waals surface area contributed by atoms with Crippen molar-refractivity contribution < 1.29 is 18.3 Å². The number of thiophene rings is 1. The molecule has 2 rings (SSSR count). The van der Waals surface area contributed by atoms with Gasteiger partial charge in [0.2, 0.25) is 15.9 Å². The maximum atomic E-state index is 12.1. The van der Waals surface area contributed by atoms with Crippen molar-refractivity contribution in [3.63, 3.8) is 0 Å². The SMILES string of the molecule is Cc1ccsc1[C@H](O)CNC(=O)C1CCN(S(C)(=O)=O)CC1. The average molecular weight is 346 g/mol. The summed E-state index contributed by atoms with van der Waals surface area (Å²) in [4.78, 5) is 13.0. The number of aliphatic hydroxyl groups is 1. The van der Waals surface area contributed by atoms with Gasteiger partial charge < -0.3 is 10.4 Å². The Morgan fingerprint density at radius 3 is 2.64 bits per heavy atom. The number of aliphatic hydroxyl groups excluding tert-OH is 1. The van der Waals surface area contributed by atoms with Gasteiger partial charge in [-0.25, -0.2) is 12.7 Å². The largest absolute Gasteiger partial charge is 0.386 e. The molecule has 0 bridgehead atoms. The first-order valence-electron chi connectivity index (χ1n) is 7.24. The second-order valence-corrected chi connectivity index (χ2v) is 8.60. The molecule has 1 atom stereocenters. The lowest BCUT2D eigenvalue weighted by molar-refractivity contribution is -0.126. The van der Waals surface area contributed by atoms with Crippen LogP contribution in [0.4, 0.5) is 0 Å². The summed E-state index contributed by atoms with van der Waals surface area (Å²) in [6.45, 7) is 2.87. The van der Waals surface area contributed by atoms with Gasteiger partial charge in [-0.05, 0) is 36.8 Å². The third-order valence-corrected chi connectivity index (χ3v) is 6.39. The van der Waals surface area contributed by atoms with Crippen molar-refractivity contribution in [1.29, 1.82) is 0 Å². The topological polar surface area (TPSA) is 86.7 Å². The van der Waals surface area contributed by atoms with E-state index in [4.69, 9.17) is 0 Å². The van der Waals surface area contributed by atoms with Crippen molar-refractivity contribution in [2.45, 2.75) is 25.9 Å². The summed E-state index contributed by atoms with van der Waals surface area (Å²) in [6.07, 6.45) is 1.53. The molecule has 0 radical (unpaired) electrons. The molecule has 0 saturated carbocycles. The predicted molar refractivity (Wildman–Crippen MR) is 86.2 cm³/mol. The van der Waals surface area contributed by atoms with E-state index in [2.05, 4.69) is 5.32 Å². The van der Waals surface area contributed by atoms with Gasteiger partial charge in [0.1, 0.15) is 6.10 Å². The molecule has 2 N–H and O–H groups in total. The molecular weight excluding hydrogens is 324 g/mol. The lowest BCUT2D eigenvalue weighted by Gasteiger charge is -2.29. The number of nitrogens with one attached hydrogen (secondary N) is 1. The highest BCUT2D eigenvalue weighted by Gasteiger charge is 2.29. The molecule has 6 nitrogen and oxygen atoms in total. The maximum Gasteiger partial charge on any atom is 0.223 e. The van der Waals surface area contributed by atoms with Crippen LogP contribution in [0.3, 0.4) is 0 Å². The summed E-state index contributed by atoms with van der Waals surface area (Å²) >= 11 is 1.47. The van der Waals surface area contributed by atoms with E-state index in [1.54, 1.807) is 0 Å². The first-order chi connectivity index (χ1) is 10.3. The summed E-state index contributed by atoms with van der Waals surface area (Å²) in [7, 11) is -3.17. The van der Waals surface area contributed by atoms with Gasteiger partial charge in [-0.15, -0.1) is 11.3 Å². The van der Waals surface area contributed by atoms with Crippen molar-refractivity contribution in [1.82, 2.24) is 9.62 Å². The van der Waals surface area contributed by atoms with Crippen LogP contribution in [0.15, 0.2) is 11.4 Å². The molecule has 0 unspecified atom stereocenters. The second-order valence-electron chi connectivity index (χ2n) is 5.67. The summed E-state index contributed by atoms with van der Waals surface area (Å²) in [6, 6.07) is 1.94. The molecule has 22 heavy (non-hydrogen) atoms. The van der Waals surface area contributed by atoms with Crippen molar-refractivity contribution in [3.05, 3.63) is 21.9 Å². The van der Waals surface area contributed by atoms with E-state index in [1.165, 1.54) is 21.9 Å². The first kappa shape index (κ1) is 17.4. The van der Waals surface area contributed by atoms with E-state index in [-0.39, 0.29) is 18.4 Å². The lowest BCUT2D eigenvalue weighted by Crippen LogP contribution is -2.43. The Kier molecular flexibility index (Phi) is 5.60. The molecule has 1 aromatic rings. The summed E-state index contributed by atoms with van der Waals surface area (Å²) in [5.41, 5.74) is 1.02. The standard InChI is InChI=1S/C14H22N2O4S2/c1-10-5-8-21-13(10)12(17)9-15-14(18)11-3-6-16(7-4-11)22(2,19)20/h5,8,11-12,17H,3-4,6-7,9H2,1-2H3,(H,15,18)/t12-/m1/s1. The predicted octanol–water partition coefficient (Wildman–Crippen LogP) is 0.878. The second kappa shape index (κ2) is 7.08. The average Bonchev–Trinajstić information content (AvgIpc) is 2.90. The Hall–Kier alpha value is -0.960. The van der Waals surface area contributed by atoms with Crippen molar-refractivity contribution in [3.8, 4) is 0 Å². The van der Waals surface area contributed by atoms with Crippen molar-refractivity contribution in [2.75, 3.05) is 25.9 Å². The summed E-state index contributed by atoms with van der Waals surface area (Å²) < 4.78 is 24.3. The Balaban J connectivity index is 1.80. The molecule has 8 heteroatoms. The fourth-order valence-corrected chi connectivity index (χ4v) is 4.40. The minimum absolute atomic E-state index is 0.110. The molecule has 1 aliphatic rings. The number of carbonyl (C=O) groups excluding carboxylic acids is 1. The van der Waals surface area contributed by atoms with Gasteiger partial charge in [-0.1, -0.05) is 0 Å². The molecule has 0 aromatic carbocycles. The van der Waals surface area contributed by atoms with Crippen LogP contribution in [0.25, 0.3) is 0 Å². The van der Waals surface area contributed by atoms with E-state index < -0.39 is 16.1 Å². The molecule has 1 fully saturated rings. The number of hydrogen-bond acceptors (Lipinski definition) is 5. The van der Waals surface area contributed by atoms with Crippen LogP contribution < -0.4 is 5.32 Å². The van der Waals surface area contributed by atoms with Gasteiger partial charge in [0, 0.05) is 30.4 Å². The van der Waals surface area contributed by atoms with E-state index in [0.29, 0.717) is 25.9 Å². The minimum Gasteiger partial charge on any atom is -0.386 e. The molecule has 124 valence electrons. The van der Waals surface area contributed by atoms with Crippen molar-refractivity contribution >= 4 is 27.3 Å². The summed E-state index contributed by atoms with van der Waals surface area (Å²) in [5, 5.41) is 14.8. The molecule has 1 aromatic heterocycles. The van der Waals surface area contributed by atoms with Gasteiger partial charge in [-0.2, -0.15) is 0 Å². The lowest BCUT2D eigenvalue weighted by atomic mass is 9.97. The van der Waals surface area contributed by atoms with Crippen LogP contribution in [-0.4, -0.2) is 49.6 Å². The Labute approximate surface area is 135 Å². The zero-order chi connectivity index (χ0) is 16.3. The van der Waals surface area contributed by atoms with Crippen LogP contribution in [0.5, 0.6) is 0 Å². The van der Waals surface area contributed by atoms with Gasteiger partial charge in [0.15, 0.2) is 0 Å². The normalized spacial score (nSPS) is 19.0. The van der Waals surface area contributed by atoms with Gasteiger partial charge in [0.25, 0.3) is 0 Å². The number of hydrogen-bond donors (Lipinski definition) is 2. The fraction of sp³-hybridized carbons (Fsp3) is 0.643. The molecular formula is C14H22N2O4S2. The molecule has 1 saturated heterocycles. The number of nitrogens with zero attached hydrogens (tertiary/aromatic N) is 1. The van der Waals surface area contributed by atoms with Crippen LogP contribution >= 0.6 is 11.3 Å². The van der Waals surface area contributed by atoms with Gasteiger partial charge in [-0.3, -0.25) is 4.79 Å². The monoisotopic (exact) mass is 346 g/mol. The molecule has 0 spiro atoms. The highest BCUT2D eigenvalue weighted by molar-refractivity contribution is 7.88. The molecule has 1 aliphatic heterocycles. The number of piperidine rings is 1. The number of carbonyl (C=O) groups is 1. The van der Waals surface area contributed by atoms with Crippen LogP contribution in [0.2, 0.25) is 0 Å². The highest BCUT2D eigenvalue weighted by atomic mass is 32.2. The number of aryl methyl sites for hydroxylation is 1. The Bertz CT molecular complexity index is 619. The number of rotatable bonds is 5. The van der Waals surface area contributed by atoms with Crippen LogP contribution in [-0.2, 0) is 14.8 Å². The first-order valence-corrected chi connectivity index (χ1v) is 9.96. The van der Waals surface area contributed by atoms with Crippen molar-refractivity contribution in [2.24, 2.45) is 5.92 Å². The third-order valence-electron chi connectivity index (χ3n) is 3.97. The van der Waals surface area contributed by atoms with E-state index in [9.17, 15) is 18.3 Å². The molecule has 2 heterocycles. The molecule has 0 aliphatic carbocycles. The summed E-state index contributed by atoms with van der Waals surface area (Å²) in [5.74, 6) is -0.295. The fourth-order valence-electron chi connectivity index (χ4n) is 2.61. The Morgan fingerprint density at radius 1 is 1.50 bits per heavy atom. The zero-order valence-corrected chi connectivity index (χ0v) is 14.4. The van der Waals surface area contributed by atoms with Crippen LogP contribution in [0, 0.1) is 12.8 Å². The highest BCUT2D eigenvalue weighted by Crippen LogP contribution is 2.24. The van der Waals surface area contributed by atoms with Gasteiger partial charge in [0.05, 0.1) is 6.26 Å². The quantitative estimate of drug-likeness (QED) is 0.828. The number of sulfonamides is 1. The van der Waals surface area contributed by atoms with E-state index in [0.717, 1.165) is 10.4 Å². The van der Waals surface area contributed by atoms with Crippen LogP contribution in [0.1, 0.15) is 29.4 Å². The van der Waals surface area contributed by atoms with E-state index in [1.807, 2.05) is 18.4 Å². The number of amides is 1. The molecule has 1 amide bonds. The smallest absolute Gasteiger partial charge is 0.223 e. The van der Waals surface area contributed by atoms with E-state index >= 15 is 0 Å². The van der Waals surface area contributed by atoms with Gasteiger partial charge >= 0.3 is 0 Å². The Morgan fingerprint density at radius 2 is 2.14 bits per heavy atom. The minimum atomic E-state index is -3.17. The maximum absolute atomic E-state index is 12.1.